The topological polar surface area (TPSA) is 38.3 Å². The Balaban J connectivity index is 1.64. The number of carbonyl (C=O) groups is 1. The van der Waals surface area contributed by atoms with Crippen molar-refractivity contribution < 1.29 is 9.53 Å². The lowest BCUT2D eigenvalue weighted by Gasteiger charge is -2.23. The van der Waals surface area contributed by atoms with Crippen molar-refractivity contribution in [3.05, 3.63) is 29.3 Å². The van der Waals surface area contributed by atoms with Gasteiger partial charge in [-0.2, -0.15) is 0 Å². The second kappa shape index (κ2) is 5.92. The highest BCUT2D eigenvalue weighted by Crippen LogP contribution is 2.26. The molecule has 0 saturated heterocycles. The highest BCUT2D eigenvalue weighted by atomic mass is 35.5. The number of carbonyl (C=O) groups excluding carboxylic acids is 1. The predicted octanol–water partition coefficient (Wildman–Crippen LogP) is 2.64. The minimum absolute atomic E-state index is 0.158. The van der Waals surface area contributed by atoms with Crippen LogP contribution in [0.1, 0.15) is 19.3 Å². The standard InChI is InChI=1S/C13H16ClNO2/c14-11-5-2-6-12(9-11)17-8-7-15-13(16)10-3-1-4-10/h2,5-6,9-10H,1,3-4,7-8H2,(H,15,16). The molecule has 0 unspecified atom stereocenters. The van der Waals surface area contributed by atoms with Gasteiger partial charge in [-0.1, -0.05) is 24.1 Å². The Hall–Kier alpha value is -1.22. The maximum atomic E-state index is 11.5. The average Bonchev–Trinajstić information content (AvgIpc) is 2.22. The van der Waals surface area contributed by atoms with E-state index in [2.05, 4.69) is 5.32 Å². The minimum atomic E-state index is 0.158. The monoisotopic (exact) mass is 253 g/mol. The second-order valence-corrected chi connectivity index (χ2v) is 4.66. The number of hydrogen-bond acceptors (Lipinski definition) is 2. The summed E-state index contributed by atoms with van der Waals surface area (Å²) in [7, 11) is 0. The summed E-state index contributed by atoms with van der Waals surface area (Å²) >= 11 is 5.83. The van der Waals surface area contributed by atoms with Gasteiger partial charge >= 0.3 is 0 Å². The molecule has 0 radical (unpaired) electrons. The van der Waals surface area contributed by atoms with E-state index >= 15 is 0 Å². The van der Waals surface area contributed by atoms with Gasteiger partial charge in [-0.15, -0.1) is 0 Å². The molecule has 1 N–H and O–H groups in total. The summed E-state index contributed by atoms with van der Waals surface area (Å²) < 4.78 is 5.47. The lowest BCUT2D eigenvalue weighted by atomic mass is 9.85. The van der Waals surface area contributed by atoms with E-state index in [4.69, 9.17) is 16.3 Å². The van der Waals surface area contributed by atoms with Crippen molar-refractivity contribution in [3.8, 4) is 5.75 Å². The van der Waals surface area contributed by atoms with Crippen molar-refractivity contribution in [2.24, 2.45) is 5.92 Å². The molecule has 1 aliphatic rings. The van der Waals surface area contributed by atoms with Gasteiger partial charge in [0.2, 0.25) is 5.91 Å². The van der Waals surface area contributed by atoms with Gasteiger partial charge in [0, 0.05) is 10.9 Å². The normalized spacial score (nSPS) is 15.1. The summed E-state index contributed by atoms with van der Waals surface area (Å²) in [6.45, 7) is 1.01. The van der Waals surface area contributed by atoms with Crippen molar-refractivity contribution >= 4 is 17.5 Å². The molecule has 2 rings (SSSR count). The first-order valence-electron chi connectivity index (χ1n) is 5.92. The number of hydrogen-bond donors (Lipinski definition) is 1. The highest BCUT2D eigenvalue weighted by molar-refractivity contribution is 6.30. The Bertz CT molecular complexity index is 391. The maximum Gasteiger partial charge on any atom is 0.223 e. The van der Waals surface area contributed by atoms with Crippen LogP contribution in [0.5, 0.6) is 5.75 Å². The van der Waals surface area contributed by atoms with Crippen LogP contribution in [0, 0.1) is 5.92 Å². The van der Waals surface area contributed by atoms with Crippen LogP contribution in [0.15, 0.2) is 24.3 Å². The SMILES string of the molecule is O=C(NCCOc1cccc(Cl)c1)C1CCC1. The van der Waals surface area contributed by atoms with E-state index in [0.717, 1.165) is 18.6 Å². The molecule has 4 heteroatoms. The molecule has 92 valence electrons. The molecule has 0 spiro atoms. The van der Waals surface area contributed by atoms with Crippen LogP contribution in [-0.4, -0.2) is 19.1 Å². The molecule has 17 heavy (non-hydrogen) atoms. The number of rotatable bonds is 5. The Kier molecular flexibility index (Phi) is 4.26. The second-order valence-electron chi connectivity index (χ2n) is 4.22. The van der Waals surface area contributed by atoms with E-state index in [1.54, 1.807) is 12.1 Å². The zero-order valence-corrected chi connectivity index (χ0v) is 10.4. The molecule has 1 saturated carbocycles. The van der Waals surface area contributed by atoms with Crippen LogP contribution < -0.4 is 10.1 Å². The first-order valence-corrected chi connectivity index (χ1v) is 6.29. The fraction of sp³-hybridized carbons (Fsp3) is 0.462. The fourth-order valence-corrected chi connectivity index (χ4v) is 1.89. The van der Waals surface area contributed by atoms with Crippen LogP contribution in [0.2, 0.25) is 5.02 Å². The molecular weight excluding hydrogens is 238 g/mol. The molecule has 3 nitrogen and oxygen atoms in total. The van der Waals surface area contributed by atoms with Gasteiger partial charge in [0.1, 0.15) is 12.4 Å². The Labute approximate surface area is 106 Å². The first kappa shape index (κ1) is 12.2. The van der Waals surface area contributed by atoms with Gasteiger partial charge in [0.05, 0.1) is 6.54 Å². The summed E-state index contributed by atoms with van der Waals surface area (Å²) in [4.78, 5) is 11.5. The number of amides is 1. The van der Waals surface area contributed by atoms with E-state index in [-0.39, 0.29) is 11.8 Å². The van der Waals surface area contributed by atoms with Gasteiger partial charge in [0.15, 0.2) is 0 Å². The first-order chi connectivity index (χ1) is 8.25. The van der Waals surface area contributed by atoms with Crippen LogP contribution in [0.4, 0.5) is 0 Å². The third kappa shape index (κ3) is 3.63. The van der Waals surface area contributed by atoms with Crippen molar-refractivity contribution in [1.82, 2.24) is 5.32 Å². The Morgan fingerprint density at radius 3 is 2.94 bits per heavy atom. The Morgan fingerprint density at radius 1 is 1.47 bits per heavy atom. The van der Waals surface area contributed by atoms with E-state index < -0.39 is 0 Å². The number of nitrogens with one attached hydrogen (secondary N) is 1. The molecule has 1 fully saturated rings. The quantitative estimate of drug-likeness (QED) is 0.820. The lowest BCUT2D eigenvalue weighted by Crippen LogP contribution is -2.36. The van der Waals surface area contributed by atoms with Gasteiger partial charge in [-0.3, -0.25) is 4.79 Å². The summed E-state index contributed by atoms with van der Waals surface area (Å²) in [6, 6.07) is 7.24. The Morgan fingerprint density at radius 2 is 2.29 bits per heavy atom. The van der Waals surface area contributed by atoms with E-state index in [1.165, 1.54) is 6.42 Å². The molecule has 0 aliphatic heterocycles. The minimum Gasteiger partial charge on any atom is -0.492 e. The average molecular weight is 254 g/mol. The zero-order valence-electron chi connectivity index (χ0n) is 9.62. The van der Waals surface area contributed by atoms with E-state index in [1.807, 2.05) is 12.1 Å². The van der Waals surface area contributed by atoms with E-state index in [9.17, 15) is 4.79 Å². The van der Waals surface area contributed by atoms with Gasteiger partial charge in [-0.25, -0.2) is 0 Å². The van der Waals surface area contributed by atoms with Crippen molar-refractivity contribution in [1.29, 1.82) is 0 Å². The number of ether oxygens (including phenoxy) is 1. The smallest absolute Gasteiger partial charge is 0.223 e. The zero-order chi connectivity index (χ0) is 12.1. The van der Waals surface area contributed by atoms with Crippen molar-refractivity contribution in [2.75, 3.05) is 13.2 Å². The molecule has 0 atom stereocenters. The van der Waals surface area contributed by atoms with Crippen molar-refractivity contribution in [3.63, 3.8) is 0 Å². The molecule has 1 aromatic carbocycles. The van der Waals surface area contributed by atoms with Gasteiger partial charge < -0.3 is 10.1 Å². The molecule has 1 aromatic rings. The molecule has 0 heterocycles. The highest BCUT2D eigenvalue weighted by Gasteiger charge is 2.24. The van der Waals surface area contributed by atoms with Crippen LogP contribution >= 0.6 is 11.6 Å². The summed E-state index contributed by atoms with van der Waals surface area (Å²) in [5.74, 6) is 1.13. The number of halogens is 1. The number of benzene rings is 1. The maximum absolute atomic E-state index is 11.5. The third-order valence-electron chi connectivity index (χ3n) is 2.94. The molecule has 1 aliphatic carbocycles. The van der Waals surface area contributed by atoms with Gasteiger partial charge in [0.25, 0.3) is 0 Å². The van der Waals surface area contributed by atoms with Crippen molar-refractivity contribution in [2.45, 2.75) is 19.3 Å². The van der Waals surface area contributed by atoms with Crippen LogP contribution in [0.25, 0.3) is 0 Å². The van der Waals surface area contributed by atoms with Crippen LogP contribution in [-0.2, 0) is 4.79 Å². The summed E-state index contributed by atoms with van der Waals surface area (Å²) in [6.07, 6.45) is 3.24. The lowest BCUT2D eigenvalue weighted by molar-refractivity contribution is -0.127. The summed E-state index contributed by atoms with van der Waals surface area (Å²) in [5.41, 5.74) is 0. The predicted molar refractivity (Wildman–Crippen MR) is 67.3 cm³/mol. The van der Waals surface area contributed by atoms with E-state index in [0.29, 0.717) is 18.2 Å². The van der Waals surface area contributed by atoms with Gasteiger partial charge in [-0.05, 0) is 31.0 Å². The van der Waals surface area contributed by atoms with Crippen LogP contribution in [0.3, 0.4) is 0 Å². The fourth-order valence-electron chi connectivity index (χ4n) is 1.71. The molecular formula is C13H16ClNO2. The largest absolute Gasteiger partial charge is 0.492 e. The molecule has 0 bridgehead atoms. The molecule has 1 amide bonds. The third-order valence-corrected chi connectivity index (χ3v) is 3.18. The summed E-state index contributed by atoms with van der Waals surface area (Å²) in [5, 5.41) is 3.53. The molecule has 0 aromatic heterocycles.